The molecule has 0 aromatic carbocycles. The third-order valence-electron chi connectivity index (χ3n) is 2.67. The summed E-state index contributed by atoms with van der Waals surface area (Å²) in [6, 6.07) is 0. The van der Waals surface area contributed by atoms with Gasteiger partial charge in [-0.15, -0.1) is 11.3 Å². The van der Waals surface area contributed by atoms with Crippen LogP contribution in [0.15, 0.2) is 0 Å². The number of hydrogen-bond acceptors (Lipinski definition) is 5. The number of hydrogen-bond donors (Lipinski definition) is 3. The van der Waals surface area contributed by atoms with Crippen molar-refractivity contribution < 1.29 is 9.90 Å². The number of rotatable bonds is 5. The minimum absolute atomic E-state index is 0.0405. The number of aliphatic hydroxyl groups excluding tert-OH is 1. The molecule has 0 saturated carbocycles. The lowest BCUT2D eigenvalue weighted by molar-refractivity contribution is -0.115. The van der Waals surface area contributed by atoms with Gasteiger partial charge in [0.05, 0.1) is 18.8 Å². The highest BCUT2D eigenvalue weighted by molar-refractivity contribution is 7.15. The van der Waals surface area contributed by atoms with Crippen LogP contribution in [0.1, 0.15) is 23.4 Å². The van der Waals surface area contributed by atoms with Crippen LogP contribution in [-0.4, -0.2) is 35.7 Å². The van der Waals surface area contributed by atoms with Crippen molar-refractivity contribution >= 4 is 22.4 Å². The van der Waals surface area contributed by atoms with Gasteiger partial charge < -0.3 is 15.7 Å². The molecule has 0 atom stereocenters. The third kappa shape index (κ3) is 3.49. The standard InChI is InChI=1S/C11H17N3O2S/c15-6-5-12-7-10(16)14-11-13-8-3-1-2-4-9(8)17-11/h12,15H,1-7H2,(H,13,14,16). The van der Waals surface area contributed by atoms with Crippen molar-refractivity contribution in [2.75, 3.05) is 25.0 Å². The molecular weight excluding hydrogens is 238 g/mol. The molecule has 94 valence electrons. The van der Waals surface area contributed by atoms with Crippen LogP contribution in [0.25, 0.3) is 0 Å². The van der Waals surface area contributed by atoms with Gasteiger partial charge in [0, 0.05) is 11.4 Å². The predicted octanol–water partition coefficient (Wildman–Crippen LogP) is 0.542. The van der Waals surface area contributed by atoms with Crippen molar-refractivity contribution in [3.05, 3.63) is 10.6 Å². The second kappa shape index (κ2) is 6.09. The van der Waals surface area contributed by atoms with Gasteiger partial charge in [0.25, 0.3) is 0 Å². The molecule has 5 nitrogen and oxygen atoms in total. The molecule has 1 aliphatic carbocycles. The Kier molecular flexibility index (Phi) is 4.47. The van der Waals surface area contributed by atoms with E-state index < -0.39 is 0 Å². The largest absolute Gasteiger partial charge is 0.395 e. The average Bonchev–Trinajstić information content (AvgIpc) is 2.71. The molecule has 3 N–H and O–H groups in total. The minimum Gasteiger partial charge on any atom is -0.395 e. The molecule has 1 heterocycles. The molecule has 2 rings (SSSR count). The number of fused-ring (bicyclic) bond motifs is 1. The van der Waals surface area contributed by atoms with E-state index in [1.54, 1.807) is 11.3 Å². The molecule has 1 aromatic rings. The molecule has 0 spiro atoms. The highest BCUT2D eigenvalue weighted by Gasteiger charge is 2.15. The maximum atomic E-state index is 11.5. The van der Waals surface area contributed by atoms with E-state index in [1.165, 1.54) is 17.7 Å². The first-order chi connectivity index (χ1) is 8.29. The van der Waals surface area contributed by atoms with Crippen LogP contribution in [0.5, 0.6) is 0 Å². The van der Waals surface area contributed by atoms with E-state index in [2.05, 4.69) is 15.6 Å². The number of carbonyl (C=O) groups excluding carboxylic acids is 1. The molecule has 0 radical (unpaired) electrons. The summed E-state index contributed by atoms with van der Waals surface area (Å²) in [6.45, 7) is 0.686. The summed E-state index contributed by atoms with van der Waals surface area (Å²) in [4.78, 5) is 17.3. The number of amides is 1. The Morgan fingerprint density at radius 2 is 2.24 bits per heavy atom. The van der Waals surface area contributed by atoms with Crippen LogP contribution >= 0.6 is 11.3 Å². The Balaban J connectivity index is 1.86. The fourth-order valence-electron chi connectivity index (χ4n) is 1.85. The molecule has 17 heavy (non-hydrogen) atoms. The zero-order valence-corrected chi connectivity index (χ0v) is 10.5. The second-order valence-electron chi connectivity index (χ2n) is 4.04. The number of thiazole rings is 1. The van der Waals surface area contributed by atoms with E-state index in [0.717, 1.165) is 18.5 Å². The molecule has 0 aliphatic heterocycles. The van der Waals surface area contributed by atoms with Gasteiger partial charge in [-0.3, -0.25) is 4.79 Å². The lowest BCUT2D eigenvalue weighted by Crippen LogP contribution is -2.29. The molecule has 0 saturated heterocycles. The van der Waals surface area contributed by atoms with E-state index in [4.69, 9.17) is 5.11 Å². The summed E-state index contributed by atoms with van der Waals surface area (Å²) in [5.74, 6) is -0.107. The van der Waals surface area contributed by atoms with Gasteiger partial charge >= 0.3 is 0 Å². The van der Waals surface area contributed by atoms with Gasteiger partial charge in [-0.05, 0) is 25.7 Å². The number of aryl methyl sites for hydroxylation is 2. The highest BCUT2D eigenvalue weighted by Crippen LogP contribution is 2.29. The summed E-state index contributed by atoms with van der Waals surface area (Å²) in [7, 11) is 0. The topological polar surface area (TPSA) is 74.2 Å². The predicted molar refractivity (Wildman–Crippen MR) is 67.3 cm³/mol. The van der Waals surface area contributed by atoms with Crippen molar-refractivity contribution in [2.45, 2.75) is 25.7 Å². The summed E-state index contributed by atoms with van der Waals surface area (Å²) in [5.41, 5.74) is 1.15. The number of aliphatic hydroxyl groups is 1. The summed E-state index contributed by atoms with van der Waals surface area (Å²) < 4.78 is 0. The number of carbonyl (C=O) groups is 1. The quantitative estimate of drug-likeness (QED) is 0.671. The highest BCUT2D eigenvalue weighted by atomic mass is 32.1. The molecule has 1 aliphatic rings. The minimum atomic E-state index is -0.107. The van der Waals surface area contributed by atoms with E-state index in [0.29, 0.717) is 11.7 Å². The first kappa shape index (κ1) is 12.5. The van der Waals surface area contributed by atoms with Crippen molar-refractivity contribution in [1.29, 1.82) is 0 Å². The van der Waals surface area contributed by atoms with Crippen LogP contribution in [0.4, 0.5) is 5.13 Å². The van der Waals surface area contributed by atoms with Gasteiger partial charge in [0.2, 0.25) is 5.91 Å². The Bertz CT molecular complexity index is 369. The fourth-order valence-corrected chi connectivity index (χ4v) is 2.92. The number of nitrogens with one attached hydrogen (secondary N) is 2. The Morgan fingerprint density at radius 3 is 3.00 bits per heavy atom. The van der Waals surface area contributed by atoms with Gasteiger partial charge in [-0.2, -0.15) is 0 Å². The Hall–Kier alpha value is -0.980. The van der Waals surface area contributed by atoms with Crippen molar-refractivity contribution in [3.8, 4) is 0 Å². The van der Waals surface area contributed by atoms with Crippen LogP contribution in [-0.2, 0) is 17.6 Å². The van der Waals surface area contributed by atoms with Crippen molar-refractivity contribution in [3.63, 3.8) is 0 Å². The van der Waals surface area contributed by atoms with Crippen LogP contribution in [0.2, 0.25) is 0 Å². The van der Waals surface area contributed by atoms with Crippen LogP contribution in [0, 0.1) is 0 Å². The third-order valence-corrected chi connectivity index (χ3v) is 3.74. The van der Waals surface area contributed by atoms with Gasteiger partial charge in [0.15, 0.2) is 5.13 Å². The lowest BCUT2D eigenvalue weighted by Gasteiger charge is -2.06. The number of aromatic nitrogens is 1. The fraction of sp³-hybridized carbons (Fsp3) is 0.636. The first-order valence-electron chi connectivity index (χ1n) is 5.89. The molecule has 0 unspecified atom stereocenters. The van der Waals surface area contributed by atoms with Gasteiger partial charge in [-0.1, -0.05) is 0 Å². The average molecular weight is 255 g/mol. The van der Waals surface area contributed by atoms with Crippen LogP contribution < -0.4 is 10.6 Å². The van der Waals surface area contributed by atoms with Crippen molar-refractivity contribution in [2.24, 2.45) is 0 Å². The molecule has 6 heteroatoms. The van der Waals surface area contributed by atoms with Crippen LogP contribution in [0.3, 0.4) is 0 Å². The second-order valence-corrected chi connectivity index (χ2v) is 5.13. The molecular formula is C11H17N3O2S. The van der Waals surface area contributed by atoms with E-state index >= 15 is 0 Å². The molecule has 1 aromatic heterocycles. The Morgan fingerprint density at radius 1 is 1.41 bits per heavy atom. The molecule has 1 amide bonds. The summed E-state index contributed by atoms with van der Waals surface area (Å²) >= 11 is 1.58. The van der Waals surface area contributed by atoms with E-state index in [1.807, 2.05) is 0 Å². The SMILES string of the molecule is O=C(CNCCO)Nc1nc2c(s1)CCCC2. The maximum Gasteiger partial charge on any atom is 0.240 e. The molecule has 0 bridgehead atoms. The van der Waals surface area contributed by atoms with Gasteiger partial charge in [-0.25, -0.2) is 4.98 Å². The number of nitrogens with zero attached hydrogens (tertiary/aromatic N) is 1. The van der Waals surface area contributed by atoms with Gasteiger partial charge in [0.1, 0.15) is 0 Å². The van der Waals surface area contributed by atoms with E-state index in [9.17, 15) is 4.79 Å². The zero-order chi connectivity index (χ0) is 12.1. The van der Waals surface area contributed by atoms with Crippen molar-refractivity contribution in [1.82, 2.24) is 10.3 Å². The normalized spacial score (nSPS) is 14.4. The monoisotopic (exact) mass is 255 g/mol. The van der Waals surface area contributed by atoms with E-state index in [-0.39, 0.29) is 19.1 Å². The number of anilines is 1. The molecule has 0 fully saturated rings. The Labute approximate surface area is 104 Å². The maximum absolute atomic E-state index is 11.5. The summed E-state index contributed by atoms with van der Waals surface area (Å²) in [5, 5.41) is 14.9. The zero-order valence-electron chi connectivity index (χ0n) is 9.66. The lowest BCUT2D eigenvalue weighted by atomic mass is 10.0. The smallest absolute Gasteiger partial charge is 0.240 e. The first-order valence-corrected chi connectivity index (χ1v) is 6.71. The summed E-state index contributed by atoms with van der Waals surface area (Å²) in [6.07, 6.45) is 4.54.